The molecule has 2 N–H and O–H groups in total. The molecule has 0 spiro atoms. The van der Waals surface area contributed by atoms with E-state index >= 15 is 0 Å². The monoisotopic (exact) mass is 458 g/mol. The van der Waals surface area contributed by atoms with Crippen molar-refractivity contribution in [1.29, 1.82) is 0 Å². The molecular formula is C19H18BrF3N2O3. The summed E-state index contributed by atoms with van der Waals surface area (Å²) in [5, 5.41) is 5.42. The molecule has 150 valence electrons. The van der Waals surface area contributed by atoms with Crippen molar-refractivity contribution < 1.29 is 27.5 Å². The van der Waals surface area contributed by atoms with Gasteiger partial charge in [-0.1, -0.05) is 40.2 Å². The molecule has 2 rings (SSSR count). The van der Waals surface area contributed by atoms with Crippen LogP contribution in [-0.4, -0.2) is 18.2 Å². The van der Waals surface area contributed by atoms with Crippen molar-refractivity contribution >= 4 is 27.7 Å². The summed E-state index contributed by atoms with van der Waals surface area (Å²) in [4.78, 5) is 23.7. The maximum Gasteiger partial charge on any atom is 0.573 e. The summed E-state index contributed by atoms with van der Waals surface area (Å²) < 4.78 is 41.1. The van der Waals surface area contributed by atoms with Gasteiger partial charge in [0.2, 0.25) is 11.8 Å². The second-order valence-electron chi connectivity index (χ2n) is 5.98. The van der Waals surface area contributed by atoms with Gasteiger partial charge in [0.1, 0.15) is 5.75 Å². The first-order valence-corrected chi connectivity index (χ1v) is 9.05. The fourth-order valence-corrected chi connectivity index (χ4v) is 2.72. The molecule has 0 bridgehead atoms. The highest BCUT2D eigenvalue weighted by atomic mass is 79.9. The van der Waals surface area contributed by atoms with E-state index in [-0.39, 0.29) is 30.5 Å². The summed E-state index contributed by atoms with van der Waals surface area (Å²) in [7, 11) is 0. The van der Waals surface area contributed by atoms with Crippen LogP contribution >= 0.6 is 15.9 Å². The first kappa shape index (κ1) is 21.7. The molecule has 0 aromatic heterocycles. The molecule has 5 nitrogen and oxygen atoms in total. The fourth-order valence-electron chi connectivity index (χ4n) is 2.46. The SMILES string of the molecule is CC(=O)NC(CC(=O)NCc1ccc(OC(F)(F)F)cc1)c1ccc(Br)cc1. The molecule has 9 heteroatoms. The number of hydrogen-bond donors (Lipinski definition) is 2. The van der Waals surface area contributed by atoms with Crippen LogP contribution < -0.4 is 15.4 Å². The zero-order chi connectivity index (χ0) is 20.7. The molecule has 0 saturated heterocycles. The van der Waals surface area contributed by atoms with Gasteiger partial charge < -0.3 is 15.4 Å². The third kappa shape index (κ3) is 7.59. The van der Waals surface area contributed by atoms with Crippen LogP contribution in [0.4, 0.5) is 13.2 Å². The molecule has 1 atom stereocenters. The minimum absolute atomic E-state index is 0.0243. The molecule has 0 aliphatic heterocycles. The Balaban J connectivity index is 1.93. The average Bonchev–Trinajstić information content (AvgIpc) is 2.59. The van der Waals surface area contributed by atoms with Crippen LogP contribution in [0.3, 0.4) is 0 Å². The summed E-state index contributed by atoms with van der Waals surface area (Å²) >= 11 is 3.33. The lowest BCUT2D eigenvalue weighted by Gasteiger charge is -2.18. The molecule has 0 aliphatic carbocycles. The lowest BCUT2D eigenvalue weighted by molar-refractivity contribution is -0.274. The molecule has 28 heavy (non-hydrogen) atoms. The van der Waals surface area contributed by atoms with Gasteiger partial charge in [0.15, 0.2) is 0 Å². The van der Waals surface area contributed by atoms with Crippen LogP contribution in [0.5, 0.6) is 5.75 Å². The lowest BCUT2D eigenvalue weighted by atomic mass is 10.0. The Hall–Kier alpha value is -2.55. The maximum absolute atomic E-state index is 12.3. The van der Waals surface area contributed by atoms with Gasteiger partial charge in [-0.15, -0.1) is 13.2 Å². The van der Waals surface area contributed by atoms with Crippen molar-refractivity contribution in [2.45, 2.75) is 32.3 Å². The van der Waals surface area contributed by atoms with E-state index in [1.165, 1.54) is 31.2 Å². The highest BCUT2D eigenvalue weighted by molar-refractivity contribution is 9.10. The van der Waals surface area contributed by atoms with E-state index in [4.69, 9.17) is 0 Å². The first-order valence-electron chi connectivity index (χ1n) is 8.26. The third-order valence-corrected chi connectivity index (χ3v) is 4.21. The number of hydrogen-bond acceptors (Lipinski definition) is 3. The largest absolute Gasteiger partial charge is 0.573 e. The molecule has 0 fully saturated rings. The third-order valence-electron chi connectivity index (χ3n) is 3.69. The van der Waals surface area contributed by atoms with Crippen LogP contribution in [0.2, 0.25) is 0 Å². The molecule has 1 unspecified atom stereocenters. The molecule has 0 radical (unpaired) electrons. The van der Waals surface area contributed by atoms with Crippen molar-refractivity contribution in [2.75, 3.05) is 0 Å². The van der Waals surface area contributed by atoms with E-state index in [9.17, 15) is 22.8 Å². The summed E-state index contributed by atoms with van der Waals surface area (Å²) in [6.07, 6.45) is -4.72. The van der Waals surface area contributed by atoms with Gasteiger partial charge in [0.05, 0.1) is 12.5 Å². The summed E-state index contributed by atoms with van der Waals surface area (Å²) in [5.41, 5.74) is 1.39. The van der Waals surface area contributed by atoms with Crippen LogP contribution in [0.15, 0.2) is 53.0 Å². The Labute approximate surface area is 168 Å². The van der Waals surface area contributed by atoms with Crippen molar-refractivity contribution in [1.82, 2.24) is 10.6 Å². The number of nitrogens with one attached hydrogen (secondary N) is 2. The molecule has 2 amide bonds. The first-order chi connectivity index (χ1) is 13.1. The van der Waals surface area contributed by atoms with Gasteiger partial charge in [0.25, 0.3) is 0 Å². The average molecular weight is 459 g/mol. The van der Waals surface area contributed by atoms with E-state index in [0.717, 1.165) is 10.0 Å². The molecule has 2 aromatic carbocycles. The van der Waals surface area contributed by atoms with E-state index < -0.39 is 12.4 Å². The fraction of sp³-hybridized carbons (Fsp3) is 0.263. The number of carbonyl (C=O) groups is 2. The smallest absolute Gasteiger partial charge is 0.406 e. The van der Waals surface area contributed by atoms with Gasteiger partial charge >= 0.3 is 6.36 Å². The van der Waals surface area contributed by atoms with Crippen molar-refractivity contribution in [3.63, 3.8) is 0 Å². The van der Waals surface area contributed by atoms with Crippen LogP contribution in [0.1, 0.15) is 30.5 Å². The van der Waals surface area contributed by atoms with E-state index in [0.29, 0.717) is 5.56 Å². The molecular weight excluding hydrogens is 441 g/mol. The highest BCUT2D eigenvalue weighted by Gasteiger charge is 2.30. The highest BCUT2D eigenvalue weighted by Crippen LogP contribution is 2.23. The molecule has 0 saturated carbocycles. The van der Waals surface area contributed by atoms with Gasteiger partial charge in [-0.05, 0) is 35.4 Å². The number of ether oxygens (including phenoxy) is 1. The zero-order valence-electron chi connectivity index (χ0n) is 14.8. The molecule has 2 aromatic rings. The van der Waals surface area contributed by atoms with Crippen LogP contribution in [0.25, 0.3) is 0 Å². The van der Waals surface area contributed by atoms with Crippen LogP contribution in [-0.2, 0) is 16.1 Å². The molecule has 0 heterocycles. The topological polar surface area (TPSA) is 67.4 Å². The van der Waals surface area contributed by atoms with E-state index in [1.807, 2.05) is 12.1 Å². The van der Waals surface area contributed by atoms with Gasteiger partial charge in [-0.3, -0.25) is 9.59 Å². The standard InChI is InChI=1S/C19H18BrF3N2O3/c1-12(26)25-17(14-4-6-15(20)7-5-14)10-18(27)24-11-13-2-8-16(9-3-13)28-19(21,22)23/h2-9,17H,10-11H2,1H3,(H,24,27)(H,25,26). The predicted octanol–water partition coefficient (Wildman–Crippen LogP) is 4.23. The Bertz CT molecular complexity index is 809. The van der Waals surface area contributed by atoms with E-state index in [1.54, 1.807) is 12.1 Å². The Morgan fingerprint density at radius 3 is 2.21 bits per heavy atom. The summed E-state index contributed by atoms with van der Waals surface area (Å²) in [6.45, 7) is 1.51. The van der Waals surface area contributed by atoms with Crippen molar-refractivity contribution in [3.05, 3.63) is 64.1 Å². The molecule has 0 aliphatic rings. The van der Waals surface area contributed by atoms with Crippen molar-refractivity contribution in [2.24, 2.45) is 0 Å². The number of carbonyl (C=O) groups excluding carboxylic acids is 2. The predicted molar refractivity (Wildman–Crippen MR) is 100 cm³/mol. The van der Waals surface area contributed by atoms with Gasteiger partial charge in [-0.25, -0.2) is 0 Å². The number of benzene rings is 2. The van der Waals surface area contributed by atoms with Gasteiger partial charge in [-0.2, -0.15) is 0 Å². The summed E-state index contributed by atoms with van der Waals surface area (Å²) in [6, 6.07) is 12.0. The van der Waals surface area contributed by atoms with Crippen LogP contribution in [0, 0.1) is 0 Å². The van der Waals surface area contributed by atoms with Gasteiger partial charge in [0, 0.05) is 17.9 Å². The second kappa shape index (κ2) is 9.59. The zero-order valence-corrected chi connectivity index (χ0v) is 16.4. The Morgan fingerprint density at radius 2 is 1.68 bits per heavy atom. The quantitative estimate of drug-likeness (QED) is 0.652. The van der Waals surface area contributed by atoms with E-state index in [2.05, 4.69) is 31.3 Å². The minimum Gasteiger partial charge on any atom is -0.406 e. The second-order valence-corrected chi connectivity index (χ2v) is 6.89. The number of amides is 2. The summed E-state index contributed by atoms with van der Waals surface area (Å²) in [5.74, 6) is -0.901. The van der Waals surface area contributed by atoms with Crippen molar-refractivity contribution in [3.8, 4) is 5.75 Å². The normalized spacial score (nSPS) is 12.2. The lowest BCUT2D eigenvalue weighted by Crippen LogP contribution is -2.32. The number of alkyl halides is 3. The minimum atomic E-state index is -4.75. The number of halogens is 4. The number of rotatable bonds is 7. The Kier molecular flexibility index (Phi) is 7.45. The maximum atomic E-state index is 12.3. The Morgan fingerprint density at radius 1 is 1.07 bits per heavy atom.